The summed E-state index contributed by atoms with van der Waals surface area (Å²) in [5.41, 5.74) is 8.76. The second-order valence-corrected chi connectivity index (χ2v) is 7.29. The lowest BCUT2D eigenvalue weighted by Crippen LogP contribution is -2.41. The summed E-state index contributed by atoms with van der Waals surface area (Å²) in [4.78, 5) is 29.9. The Kier molecular flexibility index (Phi) is 5.70. The number of likely N-dealkylation sites (tertiary alicyclic amines) is 1. The van der Waals surface area contributed by atoms with Crippen LogP contribution in [0.25, 0.3) is 23.0 Å². The van der Waals surface area contributed by atoms with Crippen molar-refractivity contribution in [3.05, 3.63) is 72.7 Å². The van der Waals surface area contributed by atoms with Crippen molar-refractivity contribution >= 4 is 17.9 Å². The molecule has 1 aliphatic heterocycles. The number of piperidine rings is 1. The third kappa shape index (κ3) is 4.30. The van der Waals surface area contributed by atoms with Crippen molar-refractivity contribution in [2.45, 2.75) is 12.8 Å². The summed E-state index contributed by atoms with van der Waals surface area (Å²) in [5.74, 6) is -0.506. The minimum Gasteiger partial charge on any atom is -0.369 e. The number of nitrogens with zero attached hydrogens (tertiary/aromatic N) is 4. The first-order chi connectivity index (χ1) is 14.6. The van der Waals surface area contributed by atoms with Crippen LogP contribution in [0.15, 0.2) is 67.1 Å². The predicted octanol–water partition coefficient (Wildman–Crippen LogP) is 2.67. The minimum atomic E-state index is -0.285. The first kappa shape index (κ1) is 19.6. The van der Waals surface area contributed by atoms with E-state index in [1.54, 1.807) is 34.1 Å². The molecule has 1 aliphatic rings. The molecule has 0 bridgehead atoms. The van der Waals surface area contributed by atoms with E-state index in [4.69, 9.17) is 10.8 Å². The Bertz CT molecular complexity index is 1050. The predicted molar refractivity (Wildman–Crippen MR) is 114 cm³/mol. The number of para-hydroxylation sites is 1. The summed E-state index contributed by atoms with van der Waals surface area (Å²) in [6, 6.07) is 13.6. The van der Waals surface area contributed by atoms with Gasteiger partial charge < -0.3 is 10.6 Å². The van der Waals surface area contributed by atoms with E-state index in [9.17, 15) is 9.59 Å². The van der Waals surface area contributed by atoms with Crippen LogP contribution >= 0.6 is 0 Å². The molecular weight excluding hydrogens is 378 g/mol. The van der Waals surface area contributed by atoms with Crippen LogP contribution in [0.5, 0.6) is 0 Å². The van der Waals surface area contributed by atoms with Gasteiger partial charge in [0.1, 0.15) is 5.69 Å². The third-order valence-electron chi connectivity index (χ3n) is 5.31. The molecule has 2 N–H and O–H groups in total. The summed E-state index contributed by atoms with van der Waals surface area (Å²) < 4.78 is 1.80. The molecule has 4 rings (SSSR count). The number of hydrogen-bond acceptors (Lipinski definition) is 4. The van der Waals surface area contributed by atoms with Crippen LogP contribution in [-0.4, -0.2) is 44.6 Å². The Morgan fingerprint density at radius 1 is 1.07 bits per heavy atom. The fourth-order valence-corrected chi connectivity index (χ4v) is 3.60. The molecule has 0 aliphatic carbocycles. The fourth-order valence-electron chi connectivity index (χ4n) is 3.60. The largest absolute Gasteiger partial charge is 0.369 e. The summed E-state index contributed by atoms with van der Waals surface area (Å²) >= 11 is 0. The molecule has 0 radical (unpaired) electrons. The minimum absolute atomic E-state index is 0.0810. The lowest BCUT2D eigenvalue weighted by Gasteiger charge is -2.29. The van der Waals surface area contributed by atoms with Crippen molar-refractivity contribution in [3.8, 4) is 16.9 Å². The molecular formula is C23H23N5O2. The summed E-state index contributed by atoms with van der Waals surface area (Å²) in [7, 11) is 0. The van der Waals surface area contributed by atoms with Crippen LogP contribution in [0.3, 0.4) is 0 Å². The highest BCUT2D eigenvalue weighted by atomic mass is 16.2. The maximum atomic E-state index is 12.7. The smallest absolute Gasteiger partial charge is 0.246 e. The van der Waals surface area contributed by atoms with Gasteiger partial charge in [0.15, 0.2) is 0 Å². The number of carbonyl (C=O) groups is 2. The molecule has 0 unspecified atom stereocenters. The Balaban J connectivity index is 1.58. The second kappa shape index (κ2) is 8.73. The third-order valence-corrected chi connectivity index (χ3v) is 5.31. The van der Waals surface area contributed by atoms with Crippen molar-refractivity contribution in [2.24, 2.45) is 11.7 Å². The lowest BCUT2D eigenvalue weighted by molar-refractivity contribution is -0.130. The molecule has 0 atom stereocenters. The van der Waals surface area contributed by atoms with Crippen LogP contribution in [0.2, 0.25) is 0 Å². The zero-order valence-electron chi connectivity index (χ0n) is 16.5. The molecule has 1 fully saturated rings. The first-order valence-electron chi connectivity index (χ1n) is 9.93. The molecule has 30 heavy (non-hydrogen) atoms. The number of pyridine rings is 1. The summed E-state index contributed by atoms with van der Waals surface area (Å²) in [6.07, 6.45) is 9.95. The van der Waals surface area contributed by atoms with Gasteiger partial charge in [0.2, 0.25) is 11.8 Å². The monoisotopic (exact) mass is 401 g/mol. The van der Waals surface area contributed by atoms with Crippen molar-refractivity contribution < 1.29 is 9.59 Å². The second-order valence-electron chi connectivity index (χ2n) is 7.29. The Morgan fingerprint density at radius 3 is 2.50 bits per heavy atom. The van der Waals surface area contributed by atoms with Gasteiger partial charge in [0.05, 0.1) is 5.69 Å². The van der Waals surface area contributed by atoms with Gasteiger partial charge in [0.25, 0.3) is 0 Å². The Morgan fingerprint density at radius 2 is 1.83 bits per heavy atom. The van der Waals surface area contributed by atoms with E-state index < -0.39 is 0 Å². The molecule has 0 saturated carbocycles. The van der Waals surface area contributed by atoms with Gasteiger partial charge in [-0.15, -0.1) is 0 Å². The van der Waals surface area contributed by atoms with E-state index in [0.717, 1.165) is 22.5 Å². The van der Waals surface area contributed by atoms with Gasteiger partial charge in [0, 0.05) is 54.8 Å². The molecule has 1 aromatic carbocycles. The van der Waals surface area contributed by atoms with Crippen molar-refractivity contribution in [3.63, 3.8) is 0 Å². The molecule has 2 amide bonds. The van der Waals surface area contributed by atoms with Crippen LogP contribution in [0.1, 0.15) is 18.4 Å². The molecule has 0 spiro atoms. The number of primary amides is 1. The van der Waals surface area contributed by atoms with Crippen molar-refractivity contribution in [1.29, 1.82) is 0 Å². The summed E-state index contributed by atoms with van der Waals surface area (Å²) in [5, 5.41) is 4.72. The number of benzene rings is 1. The highest BCUT2D eigenvalue weighted by molar-refractivity contribution is 5.93. The van der Waals surface area contributed by atoms with E-state index >= 15 is 0 Å². The SMILES string of the molecule is NC(=O)C1CCN(C(=O)/C=C/c2cn(-c3ccccc3)nc2-c2cccnc2)CC1. The van der Waals surface area contributed by atoms with Crippen molar-refractivity contribution in [1.82, 2.24) is 19.7 Å². The molecule has 3 aromatic rings. The number of hydrogen-bond donors (Lipinski definition) is 1. The van der Waals surface area contributed by atoms with Crippen LogP contribution in [0.4, 0.5) is 0 Å². The van der Waals surface area contributed by atoms with E-state index in [1.807, 2.05) is 48.7 Å². The normalized spacial score (nSPS) is 14.9. The maximum absolute atomic E-state index is 12.7. The summed E-state index contributed by atoms with van der Waals surface area (Å²) in [6.45, 7) is 1.07. The molecule has 3 heterocycles. The number of carbonyl (C=O) groups excluding carboxylic acids is 2. The van der Waals surface area contributed by atoms with Crippen LogP contribution in [-0.2, 0) is 9.59 Å². The molecule has 7 nitrogen and oxygen atoms in total. The molecule has 152 valence electrons. The number of rotatable bonds is 5. The van der Waals surface area contributed by atoms with Gasteiger partial charge >= 0.3 is 0 Å². The maximum Gasteiger partial charge on any atom is 0.246 e. The molecule has 1 saturated heterocycles. The zero-order valence-corrected chi connectivity index (χ0v) is 16.5. The lowest BCUT2D eigenvalue weighted by atomic mass is 9.96. The first-order valence-corrected chi connectivity index (χ1v) is 9.93. The van der Waals surface area contributed by atoms with Crippen LogP contribution in [0, 0.1) is 5.92 Å². The van der Waals surface area contributed by atoms with E-state index in [2.05, 4.69) is 4.98 Å². The van der Waals surface area contributed by atoms with Gasteiger partial charge in [-0.25, -0.2) is 4.68 Å². The topological polar surface area (TPSA) is 94.1 Å². The van der Waals surface area contributed by atoms with Gasteiger partial charge in [-0.05, 0) is 43.2 Å². The number of nitrogens with two attached hydrogens (primary N) is 1. The van der Waals surface area contributed by atoms with E-state index in [1.165, 1.54) is 0 Å². The van der Waals surface area contributed by atoms with Crippen LogP contribution < -0.4 is 5.73 Å². The van der Waals surface area contributed by atoms with Gasteiger partial charge in [-0.2, -0.15) is 5.10 Å². The van der Waals surface area contributed by atoms with Crippen molar-refractivity contribution in [2.75, 3.05) is 13.1 Å². The number of amides is 2. The quantitative estimate of drug-likeness (QED) is 0.665. The zero-order chi connectivity index (χ0) is 20.9. The standard InChI is InChI=1S/C23H23N5O2/c24-23(30)17-10-13-27(14-11-17)21(29)9-8-19-16-28(20-6-2-1-3-7-20)26-22(19)18-5-4-12-25-15-18/h1-9,12,15-17H,10-11,13-14H2,(H2,24,30)/b9-8+. The van der Waals surface area contributed by atoms with E-state index in [0.29, 0.717) is 25.9 Å². The number of aromatic nitrogens is 3. The molecule has 2 aromatic heterocycles. The highest BCUT2D eigenvalue weighted by Gasteiger charge is 2.24. The molecule has 7 heteroatoms. The average molecular weight is 401 g/mol. The Hall–Kier alpha value is -3.74. The van der Waals surface area contributed by atoms with E-state index in [-0.39, 0.29) is 17.7 Å². The van der Waals surface area contributed by atoms with Gasteiger partial charge in [-0.1, -0.05) is 18.2 Å². The Labute approximate surface area is 174 Å². The fraction of sp³-hybridized carbons (Fsp3) is 0.217. The highest BCUT2D eigenvalue weighted by Crippen LogP contribution is 2.24. The van der Waals surface area contributed by atoms with Gasteiger partial charge in [-0.3, -0.25) is 14.6 Å². The average Bonchev–Trinajstić information content (AvgIpc) is 3.23.